The molecular weight excluding hydrogens is 466 g/mol. The molecule has 2 aromatic carbocycles. The third kappa shape index (κ3) is 2.91. The van der Waals surface area contributed by atoms with Crippen molar-refractivity contribution in [2.75, 3.05) is 0 Å². The van der Waals surface area contributed by atoms with E-state index in [0.29, 0.717) is 0 Å². The summed E-state index contributed by atoms with van der Waals surface area (Å²) in [5, 5.41) is 2.44. The van der Waals surface area contributed by atoms with Gasteiger partial charge in [0.05, 0.1) is 0 Å². The molecule has 0 unspecified atom stereocenters. The van der Waals surface area contributed by atoms with Crippen molar-refractivity contribution in [1.29, 1.82) is 0 Å². The van der Waals surface area contributed by atoms with Gasteiger partial charge in [0, 0.05) is 61.5 Å². The van der Waals surface area contributed by atoms with Crippen LogP contribution in [0.3, 0.4) is 0 Å². The van der Waals surface area contributed by atoms with Gasteiger partial charge in [-0.05, 0) is 65.2 Å². The van der Waals surface area contributed by atoms with E-state index in [2.05, 4.69) is 108 Å². The Kier molecular flexibility index (Phi) is 4.14. The number of fused-ring (bicyclic) bond motifs is 2. The van der Waals surface area contributed by atoms with Crippen molar-refractivity contribution in [2.24, 2.45) is 0 Å². The summed E-state index contributed by atoms with van der Waals surface area (Å²) in [4.78, 5) is 11.1. The summed E-state index contributed by atoms with van der Waals surface area (Å²) in [5.41, 5.74) is 5.98. The summed E-state index contributed by atoms with van der Waals surface area (Å²) in [5.74, 6) is 0.0964. The Labute approximate surface area is 173 Å². The van der Waals surface area contributed by atoms with Gasteiger partial charge in [-0.2, -0.15) is 0 Å². The lowest BCUT2D eigenvalue weighted by Crippen LogP contribution is -2.02. The average molecular weight is 481 g/mol. The van der Waals surface area contributed by atoms with Gasteiger partial charge in [-0.3, -0.25) is 4.98 Å². The van der Waals surface area contributed by atoms with E-state index in [4.69, 9.17) is 0 Å². The first-order valence-corrected chi connectivity index (χ1v) is 10.2. The number of rotatable bonds is 3. The maximum atomic E-state index is 4.21. The molecule has 0 fully saturated rings. The Bertz CT molecular complexity index is 1170. The number of aromatic nitrogens is 3. The zero-order chi connectivity index (χ0) is 18.4. The smallest absolute Gasteiger partial charge is 0.0457 e. The predicted molar refractivity (Wildman–Crippen MR) is 117 cm³/mol. The standard InChI is InChI=1S/C22H15Br2N3/c23-14-1-3-20-16(9-14)18(11-26-20)22(13-5-7-25-8-6-13)19-12-27-21-4-2-15(24)10-17(19)21/h1-12,22,26-27H. The molecule has 0 atom stereocenters. The molecule has 3 nitrogen and oxygen atoms in total. The Hall–Kier alpha value is -2.37. The van der Waals surface area contributed by atoms with Crippen LogP contribution < -0.4 is 0 Å². The Balaban J connectivity index is 1.81. The van der Waals surface area contributed by atoms with Gasteiger partial charge in [0.25, 0.3) is 0 Å². The van der Waals surface area contributed by atoms with Crippen LogP contribution in [0.5, 0.6) is 0 Å². The number of nitrogens with one attached hydrogen (secondary N) is 2. The molecule has 0 radical (unpaired) electrons. The van der Waals surface area contributed by atoms with Crippen LogP contribution in [0, 0.1) is 0 Å². The number of H-pyrrole nitrogens is 2. The quantitative estimate of drug-likeness (QED) is 0.294. The number of pyridine rings is 1. The minimum atomic E-state index is 0.0964. The third-order valence-corrected chi connectivity index (χ3v) is 6.00. The van der Waals surface area contributed by atoms with E-state index in [0.717, 1.165) is 20.0 Å². The van der Waals surface area contributed by atoms with Crippen molar-refractivity contribution in [2.45, 2.75) is 5.92 Å². The fraction of sp³-hybridized carbons (Fsp3) is 0.0455. The van der Waals surface area contributed by atoms with Crippen LogP contribution in [0.2, 0.25) is 0 Å². The highest BCUT2D eigenvalue weighted by molar-refractivity contribution is 9.10. The summed E-state index contributed by atoms with van der Waals surface area (Å²) in [7, 11) is 0. The topological polar surface area (TPSA) is 44.5 Å². The first kappa shape index (κ1) is 16.8. The number of hydrogen-bond acceptors (Lipinski definition) is 1. The zero-order valence-electron chi connectivity index (χ0n) is 14.2. The van der Waals surface area contributed by atoms with E-state index in [9.17, 15) is 0 Å². The minimum absolute atomic E-state index is 0.0964. The highest BCUT2D eigenvalue weighted by Crippen LogP contribution is 2.40. The van der Waals surface area contributed by atoms with Gasteiger partial charge < -0.3 is 9.97 Å². The molecule has 0 bridgehead atoms. The molecular formula is C22H15Br2N3. The van der Waals surface area contributed by atoms with Crippen LogP contribution in [0.1, 0.15) is 22.6 Å². The molecule has 0 saturated heterocycles. The fourth-order valence-electron chi connectivity index (χ4n) is 3.79. The van der Waals surface area contributed by atoms with E-state index >= 15 is 0 Å². The van der Waals surface area contributed by atoms with Gasteiger partial charge >= 0.3 is 0 Å². The molecule has 27 heavy (non-hydrogen) atoms. The Morgan fingerprint density at radius 3 is 1.74 bits per heavy atom. The van der Waals surface area contributed by atoms with E-state index < -0.39 is 0 Å². The molecule has 3 aromatic heterocycles. The van der Waals surface area contributed by atoms with Crippen molar-refractivity contribution in [3.63, 3.8) is 0 Å². The summed E-state index contributed by atoms with van der Waals surface area (Å²) < 4.78 is 2.15. The van der Waals surface area contributed by atoms with E-state index in [1.54, 1.807) is 0 Å². The van der Waals surface area contributed by atoms with Crippen LogP contribution in [-0.4, -0.2) is 15.0 Å². The van der Waals surface area contributed by atoms with Gasteiger partial charge in [-0.25, -0.2) is 0 Å². The van der Waals surface area contributed by atoms with Crippen molar-refractivity contribution in [1.82, 2.24) is 15.0 Å². The second kappa shape index (κ2) is 6.66. The molecule has 0 saturated carbocycles. The highest BCUT2D eigenvalue weighted by Gasteiger charge is 2.23. The van der Waals surface area contributed by atoms with Gasteiger partial charge in [0.15, 0.2) is 0 Å². The van der Waals surface area contributed by atoms with Crippen molar-refractivity contribution in [3.8, 4) is 0 Å². The molecule has 5 heteroatoms. The van der Waals surface area contributed by atoms with Gasteiger partial charge in [-0.15, -0.1) is 0 Å². The maximum Gasteiger partial charge on any atom is 0.0457 e. The van der Waals surface area contributed by atoms with Crippen molar-refractivity contribution in [3.05, 3.63) is 99.0 Å². The molecule has 0 aliphatic rings. The van der Waals surface area contributed by atoms with Crippen LogP contribution in [0.15, 0.2) is 82.3 Å². The number of halogens is 2. The number of aromatic amines is 2. The first-order chi connectivity index (χ1) is 13.2. The monoisotopic (exact) mass is 479 g/mol. The number of benzene rings is 2. The van der Waals surface area contributed by atoms with Gasteiger partial charge in [0.2, 0.25) is 0 Å². The Morgan fingerprint density at radius 2 is 1.22 bits per heavy atom. The first-order valence-electron chi connectivity index (χ1n) is 8.64. The SMILES string of the molecule is Brc1ccc2[nH]cc(C(c3ccncc3)c3c[nH]c4ccc(Br)cc34)c2c1. The van der Waals surface area contributed by atoms with Crippen LogP contribution in [0.25, 0.3) is 21.8 Å². The summed E-state index contributed by atoms with van der Waals surface area (Å²) in [6.45, 7) is 0. The zero-order valence-corrected chi connectivity index (χ0v) is 17.4. The molecule has 5 aromatic rings. The second-order valence-corrected chi connectivity index (χ2v) is 8.41. The third-order valence-electron chi connectivity index (χ3n) is 5.01. The lowest BCUT2D eigenvalue weighted by atomic mass is 9.85. The Morgan fingerprint density at radius 1 is 0.704 bits per heavy atom. The molecule has 0 aliphatic carbocycles. The second-order valence-electron chi connectivity index (χ2n) is 6.58. The molecule has 3 heterocycles. The largest absolute Gasteiger partial charge is 0.361 e. The predicted octanol–water partition coefficient (Wildman–Crippen LogP) is 6.75. The normalized spacial score (nSPS) is 11.7. The molecule has 2 N–H and O–H groups in total. The van der Waals surface area contributed by atoms with Gasteiger partial charge in [-0.1, -0.05) is 31.9 Å². The minimum Gasteiger partial charge on any atom is -0.361 e. The molecule has 0 aliphatic heterocycles. The number of hydrogen-bond donors (Lipinski definition) is 2. The van der Waals surface area contributed by atoms with Crippen molar-refractivity contribution >= 4 is 53.7 Å². The van der Waals surface area contributed by atoms with E-state index in [1.807, 2.05) is 12.4 Å². The lowest BCUT2D eigenvalue weighted by molar-refractivity contribution is 0.990. The van der Waals surface area contributed by atoms with Crippen LogP contribution in [-0.2, 0) is 0 Å². The fourth-order valence-corrected chi connectivity index (χ4v) is 4.51. The summed E-state index contributed by atoms with van der Waals surface area (Å²) in [6, 6.07) is 16.9. The molecule has 0 amide bonds. The van der Waals surface area contributed by atoms with Gasteiger partial charge in [0.1, 0.15) is 0 Å². The number of nitrogens with zero attached hydrogens (tertiary/aromatic N) is 1. The van der Waals surface area contributed by atoms with E-state index in [-0.39, 0.29) is 5.92 Å². The van der Waals surface area contributed by atoms with Crippen LogP contribution >= 0.6 is 31.9 Å². The molecule has 132 valence electrons. The lowest BCUT2D eigenvalue weighted by Gasteiger charge is -2.17. The molecule has 0 spiro atoms. The highest BCUT2D eigenvalue weighted by atomic mass is 79.9. The maximum absolute atomic E-state index is 4.21. The van der Waals surface area contributed by atoms with Crippen molar-refractivity contribution < 1.29 is 0 Å². The summed E-state index contributed by atoms with van der Waals surface area (Å²) in [6.07, 6.45) is 7.97. The van der Waals surface area contributed by atoms with E-state index in [1.165, 1.54) is 27.5 Å². The summed E-state index contributed by atoms with van der Waals surface area (Å²) >= 11 is 7.24. The van der Waals surface area contributed by atoms with Crippen LogP contribution in [0.4, 0.5) is 0 Å². The molecule has 5 rings (SSSR count). The average Bonchev–Trinajstić information content (AvgIpc) is 3.28.